The van der Waals surface area contributed by atoms with Crippen LogP contribution in [-0.4, -0.2) is 29.6 Å². The highest BCUT2D eigenvalue weighted by Crippen LogP contribution is 2.32. The van der Waals surface area contributed by atoms with E-state index in [4.69, 9.17) is 9.84 Å². The molecule has 1 N–H and O–H groups in total. The van der Waals surface area contributed by atoms with Gasteiger partial charge in [0, 0.05) is 0 Å². The number of anilines is 1. The number of ether oxygens (including phenoxy) is 1. The Balaban J connectivity index is 2.44. The molecule has 1 aliphatic heterocycles. The van der Waals surface area contributed by atoms with Crippen LogP contribution < -0.4 is 9.64 Å². The van der Waals surface area contributed by atoms with Gasteiger partial charge in [-0.15, -0.1) is 0 Å². The summed E-state index contributed by atoms with van der Waals surface area (Å²) in [5, 5.41) is 8.94. The lowest BCUT2D eigenvalue weighted by atomic mass is 10.2. The molecular weight excluding hydrogens is 210 g/mol. The summed E-state index contributed by atoms with van der Waals surface area (Å²) in [5.74, 6) is -0.839. The van der Waals surface area contributed by atoms with Gasteiger partial charge >= 0.3 is 5.97 Å². The van der Waals surface area contributed by atoms with Crippen molar-refractivity contribution in [1.29, 1.82) is 0 Å². The number of benzene rings is 1. The van der Waals surface area contributed by atoms with Gasteiger partial charge in [-0.1, -0.05) is 12.1 Å². The van der Waals surface area contributed by atoms with Gasteiger partial charge in [0.15, 0.2) is 6.61 Å². The normalized spacial score (nSPS) is 16.3. The average molecular weight is 221 g/mol. The second-order valence-electron chi connectivity index (χ2n) is 3.53. The summed E-state index contributed by atoms with van der Waals surface area (Å²) >= 11 is 0. The highest BCUT2D eigenvalue weighted by Gasteiger charge is 2.32. The van der Waals surface area contributed by atoms with Gasteiger partial charge in [-0.05, 0) is 19.1 Å². The molecule has 0 bridgehead atoms. The fourth-order valence-electron chi connectivity index (χ4n) is 1.66. The zero-order valence-electron chi connectivity index (χ0n) is 8.71. The van der Waals surface area contributed by atoms with Crippen molar-refractivity contribution in [1.82, 2.24) is 0 Å². The van der Waals surface area contributed by atoms with Gasteiger partial charge < -0.3 is 9.84 Å². The van der Waals surface area contributed by atoms with Crippen molar-refractivity contribution >= 4 is 17.6 Å². The number of fused-ring (bicyclic) bond motifs is 1. The monoisotopic (exact) mass is 221 g/mol. The number of carboxylic acids is 1. The lowest BCUT2D eigenvalue weighted by Crippen LogP contribution is -2.47. The first-order chi connectivity index (χ1) is 7.61. The van der Waals surface area contributed by atoms with Gasteiger partial charge in [0.1, 0.15) is 11.8 Å². The summed E-state index contributed by atoms with van der Waals surface area (Å²) in [6, 6.07) is 6.01. The largest absolute Gasteiger partial charge is 0.482 e. The number of hydrogen-bond donors (Lipinski definition) is 1. The number of amides is 1. The maximum Gasteiger partial charge on any atom is 0.326 e. The summed E-state index contributed by atoms with van der Waals surface area (Å²) in [6.45, 7) is 1.36. The summed E-state index contributed by atoms with van der Waals surface area (Å²) in [6.07, 6.45) is 0. The highest BCUT2D eigenvalue weighted by molar-refractivity contribution is 6.02. The van der Waals surface area contributed by atoms with Crippen LogP contribution >= 0.6 is 0 Å². The highest BCUT2D eigenvalue weighted by atomic mass is 16.5. The lowest BCUT2D eigenvalue weighted by Gasteiger charge is -2.31. The third kappa shape index (κ3) is 1.60. The molecule has 1 atom stereocenters. The van der Waals surface area contributed by atoms with Crippen LogP contribution in [0.5, 0.6) is 5.75 Å². The predicted molar refractivity (Wildman–Crippen MR) is 56.5 cm³/mol. The Labute approximate surface area is 92.2 Å². The number of para-hydroxylation sites is 2. The van der Waals surface area contributed by atoms with Crippen molar-refractivity contribution in [2.45, 2.75) is 13.0 Å². The summed E-state index contributed by atoms with van der Waals surface area (Å²) in [4.78, 5) is 23.8. The maximum absolute atomic E-state index is 11.6. The number of hydrogen-bond acceptors (Lipinski definition) is 3. The number of carbonyl (C=O) groups excluding carboxylic acids is 1. The molecule has 0 aliphatic carbocycles. The third-order valence-electron chi connectivity index (χ3n) is 2.49. The van der Waals surface area contributed by atoms with Gasteiger partial charge in [0.2, 0.25) is 0 Å². The smallest absolute Gasteiger partial charge is 0.326 e. The van der Waals surface area contributed by atoms with E-state index in [1.165, 1.54) is 11.8 Å². The Kier molecular flexibility index (Phi) is 2.52. The van der Waals surface area contributed by atoms with Gasteiger partial charge in [0.25, 0.3) is 5.91 Å². The Morgan fingerprint density at radius 2 is 2.19 bits per heavy atom. The molecular formula is C11H11NO4. The van der Waals surface area contributed by atoms with Gasteiger partial charge in [-0.2, -0.15) is 0 Å². The first kappa shape index (κ1) is 10.5. The molecule has 84 valence electrons. The molecule has 1 unspecified atom stereocenters. The molecule has 1 aliphatic rings. The van der Waals surface area contributed by atoms with Crippen LogP contribution in [0, 0.1) is 0 Å². The Morgan fingerprint density at radius 3 is 2.88 bits per heavy atom. The van der Waals surface area contributed by atoms with Crippen LogP contribution in [0.2, 0.25) is 0 Å². The summed E-state index contributed by atoms with van der Waals surface area (Å²) in [5.41, 5.74) is 0.508. The Morgan fingerprint density at radius 1 is 1.50 bits per heavy atom. The molecule has 1 amide bonds. The number of carbonyl (C=O) groups is 2. The zero-order valence-corrected chi connectivity index (χ0v) is 8.71. The van der Waals surface area contributed by atoms with E-state index in [1.54, 1.807) is 24.3 Å². The van der Waals surface area contributed by atoms with Gasteiger partial charge in [-0.25, -0.2) is 4.79 Å². The van der Waals surface area contributed by atoms with Crippen LogP contribution in [0.4, 0.5) is 5.69 Å². The van der Waals surface area contributed by atoms with E-state index in [-0.39, 0.29) is 12.5 Å². The van der Waals surface area contributed by atoms with E-state index in [9.17, 15) is 9.59 Å². The Hall–Kier alpha value is -2.04. The van der Waals surface area contributed by atoms with E-state index >= 15 is 0 Å². The molecule has 1 aromatic carbocycles. The summed E-state index contributed by atoms with van der Waals surface area (Å²) in [7, 11) is 0. The first-order valence-electron chi connectivity index (χ1n) is 4.88. The van der Waals surface area contributed by atoms with Crippen LogP contribution in [0.1, 0.15) is 6.92 Å². The molecule has 0 saturated heterocycles. The molecule has 0 saturated carbocycles. The van der Waals surface area contributed by atoms with Crippen LogP contribution in [0.3, 0.4) is 0 Å². The molecule has 0 fully saturated rings. The van der Waals surface area contributed by atoms with Crippen LogP contribution in [-0.2, 0) is 9.59 Å². The minimum absolute atomic E-state index is 0.116. The molecule has 1 aromatic rings. The van der Waals surface area contributed by atoms with Crippen molar-refractivity contribution in [3.8, 4) is 5.75 Å². The topological polar surface area (TPSA) is 66.8 Å². The number of nitrogens with zero attached hydrogens (tertiary/aromatic N) is 1. The van der Waals surface area contributed by atoms with E-state index in [1.807, 2.05) is 0 Å². The standard InChI is InChI=1S/C11H11NO4/c1-7(11(14)15)12-8-4-2-3-5-9(8)16-6-10(12)13/h2-5,7H,6H2,1H3,(H,14,15). The molecule has 0 radical (unpaired) electrons. The van der Waals surface area contributed by atoms with Gasteiger partial charge in [0.05, 0.1) is 5.69 Å². The number of carboxylic acid groups (broad SMARTS) is 1. The van der Waals surface area contributed by atoms with Crippen molar-refractivity contribution in [3.05, 3.63) is 24.3 Å². The average Bonchev–Trinajstić information content (AvgIpc) is 2.28. The number of rotatable bonds is 2. The first-order valence-corrected chi connectivity index (χ1v) is 4.88. The number of aliphatic carboxylic acids is 1. The molecule has 2 rings (SSSR count). The minimum atomic E-state index is -1.04. The van der Waals surface area contributed by atoms with E-state index in [0.29, 0.717) is 11.4 Å². The second-order valence-corrected chi connectivity index (χ2v) is 3.53. The molecule has 16 heavy (non-hydrogen) atoms. The molecule has 0 aromatic heterocycles. The fraction of sp³-hybridized carbons (Fsp3) is 0.273. The quantitative estimate of drug-likeness (QED) is 0.805. The SMILES string of the molecule is CC(C(=O)O)N1C(=O)COc2ccccc21. The predicted octanol–water partition coefficient (Wildman–Crippen LogP) is 0.885. The van der Waals surface area contributed by atoms with Crippen molar-refractivity contribution < 1.29 is 19.4 Å². The van der Waals surface area contributed by atoms with Crippen molar-refractivity contribution in [3.63, 3.8) is 0 Å². The van der Waals surface area contributed by atoms with Crippen molar-refractivity contribution in [2.24, 2.45) is 0 Å². The van der Waals surface area contributed by atoms with E-state index in [2.05, 4.69) is 0 Å². The fourth-order valence-corrected chi connectivity index (χ4v) is 1.66. The third-order valence-corrected chi connectivity index (χ3v) is 2.49. The molecule has 1 heterocycles. The molecule has 0 spiro atoms. The second kappa shape index (κ2) is 3.84. The van der Waals surface area contributed by atoms with E-state index < -0.39 is 12.0 Å². The van der Waals surface area contributed by atoms with Crippen LogP contribution in [0.15, 0.2) is 24.3 Å². The van der Waals surface area contributed by atoms with Crippen LogP contribution in [0.25, 0.3) is 0 Å². The molecule has 5 nitrogen and oxygen atoms in total. The Bertz CT molecular complexity index is 443. The van der Waals surface area contributed by atoms with E-state index in [0.717, 1.165) is 0 Å². The minimum Gasteiger partial charge on any atom is -0.482 e. The summed E-state index contributed by atoms with van der Waals surface area (Å²) < 4.78 is 5.21. The zero-order chi connectivity index (χ0) is 11.7. The maximum atomic E-state index is 11.6. The van der Waals surface area contributed by atoms with Gasteiger partial charge in [-0.3, -0.25) is 9.69 Å². The van der Waals surface area contributed by atoms with Crippen molar-refractivity contribution in [2.75, 3.05) is 11.5 Å². The lowest BCUT2D eigenvalue weighted by molar-refractivity contribution is -0.140. The molecule has 5 heteroatoms.